The van der Waals surface area contributed by atoms with Gasteiger partial charge in [-0.25, -0.2) is 0 Å². The lowest BCUT2D eigenvalue weighted by Gasteiger charge is -2.04. The van der Waals surface area contributed by atoms with Crippen molar-refractivity contribution in [3.63, 3.8) is 0 Å². The molecular weight excluding hydrogens is 384 g/mol. The van der Waals surface area contributed by atoms with Gasteiger partial charge < -0.3 is 10.3 Å². The Morgan fingerprint density at radius 3 is 2.67 bits per heavy atom. The lowest BCUT2D eigenvalue weighted by molar-refractivity contribution is 0.102. The molecule has 0 atom stereocenters. The zero-order valence-corrected chi connectivity index (χ0v) is 14.9. The Morgan fingerprint density at radius 2 is 1.88 bits per heavy atom. The minimum atomic E-state index is -0.143. The number of aromatic amines is 1. The lowest BCUT2D eigenvalue weighted by Crippen LogP contribution is -2.12. The molecule has 2 aromatic carbocycles. The van der Waals surface area contributed by atoms with Crippen LogP contribution in [0.2, 0.25) is 0 Å². The van der Waals surface area contributed by atoms with Crippen LogP contribution in [0.4, 0.5) is 5.69 Å². The monoisotopic (exact) mass is 396 g/mol. The summed E-state index contributed by atoms with van der Waals surface area (Å²) in [5.74, 6) is -0.143. The third kappa shape index (κ3) is 2.88. The minimum absolute atomic E-state index is 0.143. The first-order valence-electron chi connectivity index (χ1n) is 7.43. The van der Waals surface area contributed by atoms with Crippen molar-refractivity contribution >= 4 is 49.1 Å². The van der Waals surface area contributed by atoms with E-state index in [1.54, 1.807) is 11.3 Å². The molecule has 0 saturated carbocycles. The maximum atomic E-state index is 12.5. The molecule has 0 aliphatic heterocycles. The van der Waals surface area contributed by atoms with Gasteiger partial charge in [0.15, 0.2) is 0 Å². The van der Waals surface area contributed by atoms with Crippen LogP contribution in [0.5, 0.6) is 0 Å². The zero-order valence-electron chi connectivity index (χ0n) is 12.5. The number of thiophene rings is 1. The summed E-state index contributed by atoms with van der Waals surface area (Å²) in [6.45, 7) is 0. The van der Waals surface area contributed by atoms with E-state index in [2.05, 4.69) is 43.7 Å². The third-order valence-electron chi connectivity index (χ3n) is 3.77. The van der Waals surface area contributed by atoms with E-state index in [0.29, 0.717) is 5.69 Å². The van der Waals surface area contributed by atoms with Crippen LogP contribution in [0.25, 0.3) is 21.3 Å². The topological polar surface area (TPSA) is 44.9 Å². The molecule has 4 aromatic rings. The molecule has 0 radical (unpaired) electrons. The number of halogens is 1. The summed E-state index contributed by atoms with van der Waals surface area (Å²) in [6, 6.07) is 19.6. The SMILES string of the molecule is O=C(Nc1cccc(Br)c1)c1cc2scc(-c3ccccc3)c2[nH]1. The van der Waals surface area contributed by atoms with Crippen LogP contribution in [-0.2, 0) is 0 Å². The van der Waals surface area contributed by atoms with Gasteiger partial charge in [0.25, 0.3) is 5.91 Å². The average Bonchev–Trinajstić information content (AvgIpc) is 3.16. The smallest absolute Gasteiger partial charge is 0.272 e. The highest BCUT2D eigenvalue weighted by molar-refractivity contribution is 9.10. The van der Waals surface area contributed by atoms with Gasteiger partial charge in [-0.15, -0.1) is 11.3 Å². The van der Waals surface area contributed by atoms with E-state index >= 15 is 0 Å². The second-order valence-electron chi connectivity index (χ2n) is 5.40. The predicted molar refractivity (Wildman–Crippen MR) is 104 cm³/mol. The highest BCUT2D eigenvalue weighted by Crippen LogP contribution is 2.34. The molecule has 0 aliphatic rings. The van der Waals surface area contributed by atoms with E-state index in [-0.39, 0.29) is 5.91 Å². The largest absolute Gasteiger partial charge is 0.349 e. The van der Waals surface area contributed by atoms with Gasteiger partial charge in [-0.05, 0) is 29.8 Å². The number of nitrogens with one attached hydrogen (secondary N) is 2. The minimum Gasteiger partial charge on any atom is -0.349 e. The van der Waals surface area contributed by atoms with Crippen LogP contribution >= 0.6 is 27.3 Å². The second kappa shape index (κ2) is 6.26. The van der Waals surface area contributed by atoms with Crippen molar-refractivity contribution in [3.8, 4) is 11.1 Å². The summed E-state index contributed by atoms with van der Waals surface area (Å²) >= 11 is 5.05. The Bertz CT molecular complexity index is 1020. The van der Waals surface area contributed by atoms with Gasteiger partial charge in [0.1, 0.15) is 5.69 Å². The van der Waals surface area contributed by atoms with Gasteiger partial charge in [-0.1, -0.05) is 52.3 Å². The summed E-state index contributed by atoms with van der Waals surface area (Å²) in [5.41, 5.74) is 4.59. The number of H-pyrrole nitrogens is 1. The van der Waals surface area contributed by atoms with E-state index in [1.807, 2.05) is 48.5 Å². The number of hydrogen-bond donors (Lipinski definition) is 2. The van der Waals surface area contributed by atoms with Gasteiger partial charge in [0.2, 0.25) is 0 Å². The molecule has 0 unspecified atom stereocenters. The van der Waals surface area contributed by atoms with E-state index < -0.39 is 0 Å². The summed E-state index contributed by atoms with van der Waals surface area (Å²) < 4.78 is 2.01. The van der Waals surface area contributed by atoms with Gasteiger partial charge in [0, 0.05) is 21.1 Å². The fraction of sp³-hybridized carbons (Fsp3) is 0. The quantitative estimate of drug-likeness (QED) is 0.443. The normalized spacial score (nSPS) is 10.9. The fourth-order valence-corrected chi connectivity index (χ4v) is 3.99. The van der Waals surface area contributed by atoms with Gasteiger partial charge in [-0.3, -0.25) is 4.79 Å². The maximum Gasteiger partial charge on any atom is 0.272 e. The van der Waals surface area contributed by atoms with E-state index in [1.165, 1.54) is 0 Å². The Kier molecular flexibility index (Phi) is 3.96. The average molecular weight is 397 g/mol. The Labute approximate surface area is 151 Å². The van der Waals surface area contributed by atoms with E-state index in [9.17, 15) is 4.79 Å². The molecule has 5 heteroatoms. The molecule has 0 aliphatic carbocycles. The maximum absolute atomic E-state index is 12.5. The van der Waals surface area contributed by atoms with Crippen molar-refractivity contribution in [1.29, 1.82) is 0 Å². The number of carbonyl (C=O) groups is 1. The molecule has 2 aromatic heterocycles. The first kappa shape index (κ1) is 15.2. The van der Waals surface area contributed by atoms with Crippen LogP contribution in [0, 0.1) is 0 Å². The first-order valence-corrected chi connectivity index (χ1v) is 9.10. The van der Waals surface area contributed by atoms with Crippen LogP contribution < -0.4 is 5.32 Å². The number of benzene rings is 2. The molecule has 0 saturated heterocycles. The number of rotatable bonds is 3. The molecule has 2 N–H and O–H groups in total. The van der Waals surface area contributed by atoms with E-state index in [4.69, 9.17) is 0 Å². The van der Waals surface area contributed by atoms with Crippen LogP contribution in [0.3, 0.4) is 0 Å². The molecule has 0 fully saturated rings. The van der Waals surface area contributed by atoms with Crippen molar-refractivity contribution in [2.45, 2.75) is 0 Å². The number of anilines is 1. The number of hydrogen-bond acceptors (Lipinski definition) is 2. The highest BCUT2D eigenvalue weighted by Gasteiger charge is 2.14. The van der Waals surface area contributed by atoms with E-state index in [0.717, 1.165) is 31.5 Å². The molecule has 24 heavy (non-hydrogen) atoms. The molecule has 0 bridgehead atoms. The summed E-state index contributed by atoms with van der Waals surface area (Å²) in [6.07, 6.45) is 0. The van der Waals surface area contributed by atoms with Crippen LogP contribution in [0.1, 0.15) is 10.5 Å². The van der Waals surface area contributed by atoms with Crippen molar-refractivity contribution in [2.24, 2.45) is 0 Å². The number of carbonyl (C=O) groups excluding carboxylic acids is 1. The third-order valence-corrected chi connectivity index (χ3v) is 5.19. The van der Waals surface area contributed by atoms with Gasteiger partial charge in [-0.2, -0.15) is 0 Å². The molecular formula is C19H13BrN2OS. The van der Waals surface area contributed by atoms with Crippen molar-refractivity contribution < 1.29 is 4.79 Å². The molecule has 2 heterocycles. The number of amides is 1. The van der Waals surface area contributed by atoms with Gasteiger partial charge >= 0.3 is 0 Å². The van der Waals surface area contributed by atoms with Crippen molar-refractivity contribution in [1.82, 2.24) is 4.98 Å². The van der Waals surface area contributed by atoms with Crippen LogP contribution in [-0.4, -0.2) is 10.9 Å². The molecule has 0 spiro atoms. The highest BCUT2D eigenvalue weighted by atomic mass is 79.9. The van der Waals surface area contributed by atoms with Crippen molar-refractivity contribution in [2.75, 3.05) is 5.32 Å². The van der Waals surface area contributed by atoms with Crippen LogP contribution in [0.15, 0.2) is 70.5 Å². The number of fused-ring (bicyclic) bond motifs is 1. The van der Waals surface area contributed by atoms with Crippen molar-refractivity contribution in [3.05, 3.63) is 76.2 Å². The second-order valence-corrected chi connectivity index (χ2v) is 7.23. The predicted octanol–water partition coefficient (Wildman–Crippen LogP) is 5.91. The summed E-state index contributed by atoms with van der Waals surface area (Å²) in [7, 11) is 0. The standard InChI is InChI=1S/C19H13BrN2OS/c20-13-7-4-8-14(9-13)21-19(23)16-10-17-18(22-16)15(11-24-17)12-5-2-1-3-6-12/h1-11,22H,(H,21,23). The summed E-state index contributed by atoms with van der Waals surface area (Å²) in [4.78, 5) is 15.8. The molecule has 4 rings (SSSR count). The van der Waals surface area contributed by atoms with Gasteiger partial charge in [0.05, 0.1) is 10.2 Å². The first-order chi connectivity index (χ1) is 11.7. The Morgan fingerprint density at radius 1 is 1.04 bits per heavy atom. The zero-order chi connectivity index (χ0) is 16.5. The fourth-order valence-electron chi connectivity index (χ4n) is 2.63. The molecule has 1 amide bonds. The molecule has 118 valence electrons. The number of aromatic nitrogens is 1. The Balaban J connectivity index is 1.66. The lowest BCUT2D eigenvalue weighted by atomic mass is 10.1. The molecule has 3 nitrogen and oxygen atoms in total. The Hall–Kier alpha value is -2.37. The summed E-state index contributed by atoms with van der Waals surface area (Å²) in [5, 5.41) is 5.03.